The van der Waals surface area contributed by atoms with Crippen LogP contribution in [0, 0.1) is 11.3 Å². The first kappa shape index (κ1) is 17.9. The summed E-state index contributed by atoms with van der Waals surface area (Å²) in [6.45, 7) is 2.93. The van der Waals surface area contributed by atoms with E-state index in [9.17, 15) is 9.59 Å². The molecule has 1 saturated carbocycles. The third-order valence-electron chi connectivity index (χ3n) is 7.04. The molecule has 3 fully saturated rings. The van der Waals surface area contributed by atoms with Crippen LogP contribution in [0.1, 0.15) is 66.7 Å². The summed E-state index contributed by atoms with van der Waals surface area (Å²) in [7, 11) is 0. The highest BCUT2D eigenvalue weighted by Crippen LogP contribution is 2.42. The lowest BCUT2D eigenvalue weighted by Crippen LogP contribution is -2.51. The van der Waals surface area contributed by atoms with Crippen molar-refractivity contribution in [3.8, 4) is 0 Å². The largest absolute Gasteiger partial charge is 0.368 e. The van der Waals surface area contributed by atoms with Gasteiger partial charge in [-0.25, -0.2) is 9.97 Å². The highest BCUT2D eigenvalue weighted by Gasteiger charge is 2.50. The Kier molecular flexibility index (Phi) is 4.29. The maximum absolute atomic E-state index is 13.3. The monoisotopic (exact) mass is 383 g/mol. The van der Waals surface area contributed by atoms with Gasteiger partial charge in [0.05, 0.1) is 5.41 Å². The van der Waals surface area contributed by atoms with Crippen LogP contribution in [0.3, 0.4) is 0 Å². The van der Waals surface area contributed by atoms with Gasteiger partial charge in [-0.15, -0.1) is 0 Å². The molecule has 2 saturated heterocycles. The number of carbonyl (C=O) groups is 2. The molecule has 7 nitrogen and oxygen atoms in total. The maximum Gasteiger partial charge on any atom is 0.272 e. The van der Waals surface area contributed by atoms with E-state index in [0.29, 0.717) is 24.7 Å². The minimum absolute atomic E-state index is 0.0729. The van der Waals surface area contributed by atoms with Gasteiger partial charge >= 0.3 is 0 Å². The maximum atomic E-state index is 13.3. The molecule has 0 radical (unpaired) electrons. The second-order valence-electron chi connectivity index (χ2n) is 9.12. The Labute approximate surface area is 165 Å². The number of nitrogen functional groups attached to an aromatic ring is 1. The van der Waals surface area contributed by atoms with Crippen molar-refractivity contribution >= 4 is 17.8 Å². The van der Waals surface area contributed by atoms with Crippen LogP contribution in [-0.2, 0) is 17.6 Å². The molecule has 1 spiro atoms. The predicted octanol–water partition coefficient (Wildman–Crippen LogP) is 1.80. The molecule has 2 aliphatic heterocycles. The van der Waals surface area contributed by atoms with Gasteiger partial charge in [0.25, 0.3) is 5.91 Å². The van der Waals surface area contributed by atoms with Gasteiger partial charge in [-0.3, -0.25) is 9.59 Å². The fraction of sp³-hybridized carbons (Fsp3) is 0.714. The van der Waals surface area contributed by atoms with Crippen molar-refractivity contribution in [3.63, 3.8) is 0 Å². The van der Waals surface area contributed by atoms with E-state index in [1.165, 1.54) is 12.8 Å². The zero-order valence-corrected chi connectivity index (χ0v) is 16.5. The van der Waals surface area contributed by atoms with Crippen LogP contribution in [0.5, 0.6) is 0 Å². The van der Waals surface area contributed by atoms with Gasteiger partial charge in [0.2, 0.25) is 11.9 Å². The van der Waals surface area contributed by atoms with Gasteiger partial charge in [-0.05, 0) is 63.7 Å². The molecular formula is C21H29N5O2. The molecule has 5 rings (SSSR count). The number of nitrogens with zero attached hydrogens (tertiary/aromatic N) is 4. The number of fused-ring (bicyclic) bond motifs is 1. The van der Waals surface area contributed by atoms with Crippen molar-refractivity contribution in [2.45, 2.75) is 57.8 Å². The van der Waals surface area contributed by atoms with Crippen LogP contribution in [0.2, 0.25) is 0 Å². The molecule has 0 unspecified atom stereocenters. The Morgan fingerprint density at radius 2 is 1.93 bits per heavy atom. The van der Waals surface area contributed by atoms with Gasteiger partial charge in [0, 0.05) is 37.4 Å². The Bertz CT molecular complexity index is 821. The molecular weight excluding hydrogens is 354 g/mol. The number of anilines is 1. The number of rotatable bonds is 3. The number of likely N-dealkylation sites (tertiary alicyclic amines) is 2. The average Bonchev–Trinajstić information content (AvgIpc) is 3.41. The molecule has 150 valence electrons. The SMILES string of the molecule is Nc1nc2c(c(C(=O)N3CC[C@@]4(CCCN(CC5CC5)C4=O)C3)n1)CCCC2. The average molecular weight is 383 g/mol. The Balaban J connectivity index is 1.36. The second-order valence-corrected chi connectivity index (χ2v) is 9.12. The van der Waals surface area contributed by atoms with Crippen LogP contribution < -0.4 is 5.73 Å². The number of hydrogen-bond donors (Lipinski definition) is 1. The van der Waals surface area contributed by atoms with E-state index in [4.69, 9.17) is 5.73 Å². The van der Waals surface area contributed by atoms with Gasteiger partial charge in [0.15, 0.2) is 0 Å². The fourth-order valence-corrected chi connectivity index (χ4v) is 5.30. The minimum atomic E-state index is -0.387. The van der Waals surface area contributed by atoms with E-state index in [1.807, 2.05) is 4.90 Å². The summed E-state index contributed by atoms with van der Waals surface area (Å²) in [6.07, 6.45) is 9.03. The topological polar surface area (TPSA) is 92.4 Å². The van der Waals surface area contributed by atoms with E-state index in [1.54, 1.807) is 0 Å². The molecule has 28 heavy (non-hydrogen) atoms. The van der Waals surface area contributed by atoms with Crippen LogP contribution >= 0.6 is 0 Å². The van der Waals surface area contributed by atoms with E-state index in [0.717, 1.165) is 69.3 Å². The molecule has 0 aromatic carbocycles. The first-order valence-corrected chi connectivity index (χ1v) is 10.8. The summed E-state index contributed by atoms with van der Waals surface area (Å²) < 4.78 is 0. The van der Waals surface area contributed by atoms with Crippen LogP contribution in [0.15, 0.2) is 0 Å². The summed E-state index contributed by atoms with van der Waals surface area (Å²) in [5.74, 6) is 1.08. The normalized spacial score (nSPS) is 27.4. The molecule has 0 bridgehead atoms. The molecule has 1 aromatic heterocycles. The lowest BCUT2D eigenvalue weighted by Gasteiger charge is -2.39. The smallest absolute Gasteiger partial charge is 0.272 e. The van der Waals surface area contributed by atoms with Crippen molar-refractivity contribution < 1.29 is 9.59 Å². The first-order valence-electron chi connectivity index (χ1n) is 10.8. The molecule has 2 amide bonds. The third kappa shape index (κ3) is 3.05. The lowest BCUT2D eigenvalue weighted by molar-refractivity contribution is -0.145. The Morgan fingerprint density at radius 3 is 2.75 bits per heavy atom. The van der Waals surface area contributed by atoms with Crippen molar-refractivity contribution in [1.29, 1.82) is 0 Å². The molecule has 3 heterocycles. The van der Waals surface area contributed by atoms with Crippen LogP contribution in [-0.4, -0.2) is 57.8 Å². The number of aryl methyl sites for hydroxylation is 1. The third-order valence-corrected chi connectivity index (χ3v) is 7.04. The quantitative estimate of drug-likeness (QED) is 0.859. The summed E-state index contributed by atoms with van der Waals surface area (Å²) >= 11 is 0. The molecule has 1 aromatic rings. The summed E-state index contributed by atoms with van der Waals surface area (Å²) in [4.78, 5) is 39.2. The van der Waals surface area contributed by atoms with Crippen molar-refractivity contribution in [2.75, 3.05) is 31.9 Å². The number of amides is 2. The van der Waals surface area contributed by atoms with Gasteiger partial charge in [-0.1, -0.05) is 0 Å². The Morgan fingerprint density at radius 1 is 1.11 bits per heavy atom. The zero-order chi connectivity index (χ0) is 19.3. The molecule has 4 aliphatic rings. The number of nitrogens with two attached hydrogens (primary N) is 1. The summed E-state index contributed by atoms with van der Waals surface area (Å²) in [6, 6.07) is 0. The van der Waals surface area contributed by atoms with E-state index in [-0.39, 0.29) is 23.2 Å². The standard InChI is InChI=1S/C21H29N5O2/c22-20-23-16-5-2-1-4-15(16)17(24-20)18(27)26-11-9-21(13-26)8-3-10-25(19(21)28)12-14-6-7-14/h14H,1-13H2,(H2,22,23,24)/t21-/m0/s1. The van der Waals surface area contributed by atoms with Crippen molar-refractivity contribution in [2.24, 2.45) is 11.3 Å². The highest BCUT2D eigenvalue weighted by molar-refractivity contribution is 5.95. The van der Waals surface area contributed by atoms with Crippen LogP contribution in [0.25, 0.3) is 0 Å². The zero-order valence-electron chi connectivity index (χ0n) is 16.5. The van der Waals surface area contributed by atoms with Gasteiger partial charge in [0.1, 0.15) is 5.69 Å². The molecule has 2 N–H and O–H groups in total. The molecule has 2 aliphatic carbocycles. The van der Waals surface area contributed by atoms with E-state index in [2.05, 4.69) is 14.9 Å². The predicted molar refractivity (Wildman–Crippen MR) is 105 cm³/mol. The number of carbonyl (C=O) groups excluding carboxylic acids is 2. The molecule has 1 atom stereocenters. The van der Waals surface area contributed by atoms with E-state index < -0.39 is 0 Å². The van der Waals surface area contributed by atoms with E-state index >= 15 is 0 Å². The minimum Gasteiger partial charge on any atom is -0.368 e. The number of hydrogen-bond acceptors (Lipinski definition) is 5. The Hall–Kier alpha value is -2.18. The highest BCUT2D eigenvalue weighted by atomic mass is 16.2. The second kappa shape index (κ2) is 6.71. The van der Waals surface area contributed by atoms with Gasteiger partial charge in [-0.2, -0.15) is 0 Å². The summed E-state index contributed by atoms with van der Waals surface area (Å²) in [5, 5.41) is 0. The van der Waals surface area contributed by atoms with Gasteiger partial charge < -0.3 is 15.5 Å². The molecule has 7 heteroatoms. The van der Waals surface area contributed by atoms with Crippen molar-refractivity contribution in [1.82, 2.24) is 19.8 Å². The van der Waals surface area contributed by atoms with Crippen LogP contribution in [0.4, 0.5) is 5.95 Å². The number of aromatic nitrogens is 2. The number of piperidine rings is 1. The lowest BCUT2D eigenvalue weighted by atomic mass is 9.78. The first-order chi connectivity index (χ1) is 13.6. The van der Waals surface area contributed by atoms with Crippen molar-refractivity contribution in [3.05, 3.63) is 17.0 Å². The summed E-state index contributed by atoms with van der Waals surface area (Å²) in [5.41, 5.74) is 7.88. The fourth-order valence-electron chi connectivity index (χ4n) is 5.30.